The Morgan fingerprint density at radius 1 is 1.00 bits per heavy atom. The number of aryl methyl sites for hydroxylation is 1. The van der Waals surface area contributed by atoms with Gasteiger partial charge in [0.05, 0.1) is 10.9 Å². The topological polar surface area (TPSA) is 40.6 Å². The molecule has 0 radical (unpaired) electrons. The first kappa shape index (κ1) is 17.7. The molecule has 2 atom stereocenters. The van der Waals surface area contributed by atoms with Crippen LogP contribution in [0.25, 0.3) is 0 Å². The van der Waals surface area contributed by atoms with E-state index in [1.807, 2.05) is 25.1 Å². The second-order valence-corrected chi connectivity index (χ2v) is 9.40. The highest BCUT2D eigenvalue weighted by Gasteiger charge is 2.43. The standard InChI is InChI=1S/C21H26N2O2S/c1-16-9-11-18(12-10-16)26(24,25)23-15-13-17-6-3-4-7-19(17)21(23)20-8-5-14-22(20)2/h3-4,6-7,9-12,20-21H,5,8,13-15H2,1-2H3. The third-order valence-electron chi connectivity index (χ3n) is 5.85. The van der Waals surface area contributed by atoms with Gasteiger partial charge < -0.3 is 4.90 Å². The van der Waals surface area contributed by atoms with Gasteiger partial charge in [-0.2, -0.15) is 4.31 Å². The van der Waals surface area contributed by atoms with Gasteiger partial charge >= 0.3 is 0 Å². The lowest BCUT2D eigenvalue weighted by Gasteiger charge is -2.41. The number of sulfonamides is 1. The molecular weight excluding hydrogens is 344 g/mol. The Morgan fingerprint density at radius 2 is 1.73 bits per heavy atom. The molecule has 2 heterocycles. The van der Waals surface area contributed by atoms with Crippen LogP contribution in [-0.4, -0.2) is 43.8 Å². The number of likely N-dealkylation sites (N-methyl/N-ethyl adjacent to an activating group) is 1. The number of hydrogen-bond donors (Lipinski definition) is 0. The van der Waals surface area contributed by atoms with Gasteiger partial charge in [-0.15, -0.1) is 0 Å². The number of hydrogen-bond acceptors (Lipinski definition) is 3. The first-order valence-corrected chi connectivity index (χ1v) is 10.8. The minimum absolute atomic E-state index is 0.112. The Hall–Kier alpha value is -1.69. The molecule has 4 rings (SSSR count). The SMILES string of the molecule is Cc1ccc(S(=O)(=O)N2CCc3ccccc3C2C2CCCN2C)cc1. The van der Waals surface area contributed by atoms with Crippen molar-refractivity contribution < 1.29 is 8.42 Å². The van der Waals surface area contributed by atoms with E-state index in [1.54, 1.807) is 16.4 Å². The van der Waals surface area contributed by atoms with Crippen LogP contribution in [0, 0.1) is 6.92 Å². The molecule has 26 heavy (non-hydrogen) atoms. The Balaban J connectivity index is 1.80. The first-order chi connectivity index (χ1) is 12.5. The van der Waals surface area contributed by atoms with Crippen LogP contribution in [0.1, 0.15) is 35.6 Å². The fourth-order valence-electron chi connectivity index (χ4n) is 4.42. The third-order valence-corrected chi connectivity index (χ3v) is 7.75. The molecule has 0 bridgehead atoms. The molecule has 2 unspecified atom stereocenters. The van der Waals surface area contributed by atoms with Crippen LogP contribution in [0.5, 0.6) is 0 Å². The summed E-state index contributed by atoms with van der Waals surface area (Å²) in [4.78, 5) is 2.72. The van der Waals surface area contributed by atoms with Crippen molar-refractivity contribution in [1.29, 1.82) is 0 Å². The monoisotopic (exact) mass is 370 g/mol. The molecule has 138 valence electrons. The van der Waals surface area contributed by atoms with Crippen molar-refractivity contribution in [1.82, 2.24) is 9.21 Å². The summed E-state index contributed by atoms with van der Waals surface area (Å²) in [6.45, 7) is 3.55. The highest BCUT2D eigenvalue weighted by atomic mass is 32.2. The van der Waals surface area contributed by atoms with Crippen molar-refractivity contribution >= 4 is 10.0 Å². The van der Waals surface area contributed by atoms with Crippen LogP contribution >= 0.6 is 0 Å². The number of benzene rings is 2. The molecule has 2 aromatic rings. The fraction of sp³-hybridized carbons (Fsp3) is 0.429. The van der Waals surface area contributed by atoms with E-state index in [9.17, 15) is 8.42 Å². The first-order valence-electron chi connectivity index (χ1n) is 9.35. The molecule has 0 spiro atoms. The second kappa shape index (κ2) is 6.80. The van der Waals surface area contributed by atoms with Crippen LogP contribution in [-0.2, 0) is 16.4 Å². The summed E-state index contributed by atoms with van der Waals surface area (Å²) in [6, 6.07) is 15.7. The Morgan fingerprint density at radius 3 is 2.42 bits per heavy atom. The van der Waals surface area contributed by atoms with Crippen LogP contribution in [0.4, 0.5) is 0 Å². The minimum atomic E-state index is -3.52. The fourth-order valence-corrected chi connectivity index (χ4v) is 6.06. The molecule has 5 heteroatoms. The van der Waals surface area contributed by atoms with Crippen LogP contribution < -0.4 is 0 Å². The molecule has 1 saturated heterocycles. The number of nitrogens with zero attached hydrogens (tertiary/aromatic N) is 2. The minimum Gasteiger partial charge on any atom is -0.301 e. The normalized spacial score (nSPS) is 24.5. The highest BCUT2D eigenvalue weighted by molar-refractivity contribution is 7.89. The van der Waals surface area contributed by atoms with Crippen LogP contribution in [0.3, 0.4) is 0 Å². The predicted molar refractivity (Wildman–Crippen MR) is 104 cm³/mol. The van der Waals surface area contributed by atoms with Crippen LogP contribution in [0.15, 0.2) is 53.4 Å². The van der Waals surface area contributed by atoms with Gasteiger partial charge in [0.25, 0.3) is 0 Å². The third kappa shape index (κ3) is 2.98. The molecule has 1 fully saturated rings. The van der Waals surface area contributed by atoms with Gasteiger partial charge in [0.1, 0.15) is 0 Å². The zero-order valence-electron chi connectivity index (χ0n) is 15.4. The average molecular weight is 371 g/mol. The lowest BCUT2D eigenvalue weighted by molar-refractivity contribution is 0.175. The summed E-state index contributed by atoms with van der Waals surface area (Å²) in [6.07, 6.45) is 2.93. The van der Waals surface area contributed by atoms with Crippen molar-refractivity contribution in [2.75, 3.05) is 20.1 Å². The Kier molecular flexibility index (Phi) is 4.63. The molecular formula is C21H26N2O2S. The van der Waals surface area contributed by atoms with E-state index in [-0.39, 0.29) is 12.1 Å². The van der Waals surface area contributed by atoms with Gasteiger partial charge in [-0.1, -0.05) is 42.0 Å². The van der Waals surface area contributed by atoms with Gasteiger partial charge in [0.2, 0.25) is 10.0 Å². The number of fused-ring (bicyclic) bond motifs is 1. The molecule has 0 N–H and O–H groups in total. The maximum absolute atomic E-state index is 13.5. The molecule has 2 aliphatic heterocycles. The molecule has 0 saturated carbocycles. The van der Waals surface area contributed by atoms with Crippen molar-refractivity contribution in [3.05, 3.63) is 65.2 Å². The molecule has 4 nitrogen and oxygen atoms in total. The van der Waals surface area contributed by atoms with E-state index >= 15 is 0 Å². The molecule has 0 amide bonds. The van der Waals surface area contributed by atoms with E-state index in [1.165, 1.54) is 11.1 Å². The number of likely N-dealkylation sites (tertiary alicyclic amines) is 1. The summed E-state index contributed by atoms with van der Waals surface area (Å²) in [5.41, 5.74) is 3.53. The predicted octanol–water partition coefficient (Wildman–Crippen LogP) is 3.38. The smallest absolute Gasteiger partial charge is 0.243 e. The zero-order valence-corrected chi connectivity index (χ0v) is 16.2. The maximum atomic E-state index is 13.5. The molecule has 0 aromatic heterocycles. The second-order valence-electron chi connectivity index (χ2n) is 7.51. The van der Waals surface area contributed by atoms with Gasteiger partial charge in [-0.3, -0.25) is 0 Å². The van der Waals surface area contributed by atoms with Crippen LogP contribution in [0.2, 0.25) is 0 Å². The summed E-state index contributed by atoms with van der Waals surface area (Å²) in [5, 5.41) is 0. The lowest BCUT2D eigenvalue weighted by Crippen LogP contribution is -2.48. The highest BCUT2D eigenvalue weighted by Crippen LogP contribution is 2.40. The molecule has 2 aliphatic rings. The van der Waals surface area contributed by atoms with E-state index in [0.717, 1.165) is 31.4 Å². The summed E-state index contributed by atoms with van der Waals surface area (Å²) in [7, 11) is -1.41. The molecule has 0 aliphatic carbocycles. The Labute approximate surface area is 156 Å². The average Bonchev–Trinajstić information content (AvgIpc) is 3.06. The zero-order chi connectivity index (χ0) is 18.3. The largest absolute Gasteiger partial charge is 0.301 e. The molecule has 2 aromatic carbocycles. The summed E-state index contributed by atoms with van der Waals surface area (Å²) in [5.74, 6) is 0. The Bertz CT molecular complexity index is 892. The van der Waals surface area contributed by atoms with Crippen molar-refractivity contribution in [2.45, 2.75) is 43.2 Å². The van der Waals surface area contributed by atoms with E-state index < -0.39 is 10.0 Å². The lowest BCUT2D eigenvalue weighted by atomic mass is 9.89. The van der Waals surface area contributed by atoms with Gasteiger partial charge in [-0.05, 0) is 63.0 Å². The van der Waals surface area contributed by atoms with E-state index in [4.69, 9.17) is 0 Å². The number of rotatable bonds is 3. The van der Waals surface area contributed by atoms with Gasteiger partial charge in [0, 0.05) is 12.6 Å². The van der Waals surface area contributed by atoms with E-state index in [2.05, 4.69) is 30.1 Å². The van der Waals surface area contributed by atoms with Gasteiger partial charge in [0.15, 0.2) is 0 Å². The van der Waals surface area contributed by atoms with Crippen molar-refractivity contribution in [3.8, 4) is 0 Å². The van der Waals surface area contributed by atoms with E-state index in [0.29, 0.717) is 11.4 Å². The van der Waals surface area contributed by atoms with Gasteiger partial charge in [-0.25, -0.2) is 8.42 Å². The van der Waals surface area contributed by atoms with Crippen molar-refractivity contribution in [3.63, 3.8) is 0 Å². The summed E-state index contributed by atoms with van der Waals surface area (Å²) >= 11 is 0. The van der Waals surface area contributed by atoms with Crippen molar-refractivity contribution in [2.24, 2.45) is 0 Å². The summed E-state index contributed by atoms with van der Waals surface area (Å²) < 4.78 is 28.7. The quantitative estimate of drug-likeness (QED) is 0.832. The maximum Gasteiger partial charge on any atom is 0.243 e.